The standard InChI is InChI=1S/C13H15NO4/c1-2-18-13(16)11-10(8-14(17)12(11)15)9-6-4-3-5-7-9/h3-7,10-11,17H,2,8H2,1H3/t10-,11-/m1/s1. The molecule has 1 aromatic carbocycles. The molecule has 0 aliphatic carbocycles. The number of amides is 1. The third-order valence-corrected chi connectivity index (χ3v) is 3.06. The first kappa shape index (κ1) is 12.6. The summed E-state index contributed by atoms with van der Waals surface area (Å²) in [4.78, 5) is 23.6. The Bertz CT molecular complexity index is 446. The zero-order valence-electron chi connectivity index (χ0n) is 10.1. The van der Waals surface area contributed by atoms with Gasteiger partial charge in [0.05, 0.1) is 13.2 Å². The van der Waals surface area contributed by atoms with Crippen molar-refractivity contribution in [1.29, 1.82) is 0 Å². The van der Waals surface area contributed by atoms with Gasteiger partial charge in [-0.25, -0.2) is 5.06 Å². The van der Waals surface area contributed by atoms with E-state index in [1.165, 1.54) is 0 Å². The average Bonchev–Trinajstić information content (AvgIpc) is 2.67. The van der Waals surface area contributed by atoms with Gasteiger partial charge >= 0.3 is 5.97 Å². The molecule has 1 aromatic rings. The normalized spacial score (nSPS) is 23.2. The Morgan fingerprint density at radius 2 is 2.11 bits per heavy atom. The van der Waals surface area contributed by atoms with Crippen molar-refractivity contribution in [3.05, 3.63) is 35.9 Å². The molecule has 2 atom stereocenters. The zero-order valence-corrected chi connectivity index (χ0v) is 10.1. The number of nitrogens with zero attached hydrogens (tertiary/aromatic N) is 1. The molecule has 5 nitrogen and oxygen atoms in total. The van der Waals surface area contributed by atoms with Crippen LogP contribution in [0, 0.1) is 5.92 Å². The fourth-order valence-corrected chi connectivity index (χ4v) is 2.21. The number of esters is 1. The van der Waals surface area contributed by atoms with E-state index in [2.05, 4.69) is 0 Å². The molecule has 5 heteroatoms. The summed E-state index contributed by atoms with van der Waals surface area (Å²) in [7, 11) is 0. The number of ether oxygens (including phenoxy) is 1. The lowest BCUT2D eigenvalue weighted by atomic mass is 9.89. The molecule has 1 saturated heterocycles. The second-order valence-electron chi connectivity index (χ2n) is 4.17. The predicted octanol–water partition coefficient (Wildman–Crippen LogP) is 1.18. The number of hydroxylamine groups is 2. The van der Waals surface area contributed by atoms with Crippen LogP contribution in [0.5, 0.6) is 0 Å². The molecule has 18 heavy (non-hydrogen) atoms. The summed E-state index contributed by atoms with van der Waals surface area (Å²) >= 11 is 0. The van der Waals surface area contributed by atoms with E-state index >= 15 is 0 Å². The fourth-order valence-electron chi connectivity index (χ4n) is 2.21. The van der Waals surface area contributed by atoms with Crippen molar-refractivity contribution >= 4 is 11.9 Å². The Morgan fingerprint density at radius 1 is 1.44 bits per heavy atom. The van der Waals surface area contributed by atoms with Crippen LogP contribution in [0.3, 0.4) is 0 Å². The van der Waals surface area contributed by atoms with E-state index in [1.807, 2.05) is 30.3 Å². The summed E-state index contributed by atoms with van der Waals surface area (Å²) < 4.78 is 4.90. The van der Waals surface area contributed by atoms with E-state index in [4.69, 9.17) is 4.74 Å². The molecular weight excluding hydrogens is 234 g/mol. The molecule has 1 N–H and O–H groups in total. The Hall–Kier alpha value is -1.88. The van der Waals surface area contributed by atoms with Crippen LogP contribution in [0.2, 0.25) is 0 Å². The highest BCUT2D eigenvalue weighted by Gasteiger charge is 2.46. The molecule has 1 amide bonds. The number of carbonyl (C=O) groups is 2. The molecule has 96 valence electrons. The van der Waals surface area contributed by atoms with Gasteiger partial charge in [0, 0.05) is 5.92 Å². The minimum absolute atomic E-state index is 0.117. The first-order chi connectivity index (χ1) is 8.65. The molecule has 0 radical (unpaired) electrons. The van der Waals surface area contributed by atoms with Crippen LogP contribution in [0.1, 0.15) is 18.4 Å². The number of hydrogen-bond acceptors (Lipinski definition) is 4. The quantitative estimate of drug-likeness (QED) is 0.496. The van der Waals surface area contributed by atoms with Crippen molar-refractivity contribution in [3.63, 3.8) is 0 Å². The molecule has 0 spiro atoms. The number of benzene rings is 1. The molecule has 0 saturated carbocycles. The molecule has 1 aliphatic rings. The lowest BCUT2D eigenvalue weighted by Crippen LogP contribution is -2.30. The lowest BCUT2D eigenvalue weighted by Gasteiger charge is -2.15. The molecule has 1 fully saturated rings. The number of hydrogen-bond donors (Lipinski definition) is 1. The van der Waals surface area contributed by atoms with Crippen LogP contribution in [0.25, 0.3) is 0 Å². The van der Waals surface area contributed by atoms with Gasteiger partial charge in [0.1, 0.15) is 5.92 Å². The van der Waals surface area contributed by atoms with Crippen molar-refractivity contribution in [2.45, 2.75) is 12.8 Å². The van der Waals surface area contributed by atoms with Gasteiger partial charge in [-0.05, 0) is 12.5 Å². The SMILES string of the molecule is CCOC(=O)[C@H]1C(=O)N(O)C[C@@H]1c1ccccc1. The van der Waals surface area contributed by atoms with Crippen molar-refractivity contribution in [2.24, 2.45) is 5.92 Å². The van der Waals surface area contributed by atoms with Gasteiger partial charge in [-0.2, -0.15) is 0 Å². The van der Waals surface area contributed by atoms with E-state index < -0.39 is 17.8 Å². The summed E-state index contributed by atoms with van der Waals surface area (Å²) in [5.41, 5.74) is 0.848. The highest BCUT2D eigenvalue weighted by atomic mass is 16.5. The van der Waals surface area contributed by atoms with Crippen molar-refractivity contribution in [3.8, 4) is 0 Å². The van der Waals surface area contributed by atoms with E-state index in [9.17, 15) is 14.8 Å². The van der Waals surface area contributed by atoms with E-state index in [0.29, 0.717) is 5.06 Å². The number of carbonyl (C=O) groups excluding carboxylic acids is 2. The molecule has 0 unspecified atom stereocenters. The molecule has 0 aromatic heterocycles. The summed E-state index contributed by atoms with van der Waals surface area (Å²) in [6.45, 7) is 2.02. The minimum Gasteiger partial charge on any atom is -0.465 e. The zero-order chi connectivity index (χ0) is 13.1. The fraction of sp³-hybridized carbons (Fsp3) is 0.385. The van der Waals surface area contributed by atoms with Gasteiger partial charge in [0.15, 0.2) is 0 Å². The van der Waals surface area contributed by atoms with Crippen molar-refractivity contribution < 1.29 is 19.5 Å². The van der Waals surface area contributed by atoms with Crippen LogP contribution < -0.4 is 0 Å². The van der Waals surface area contributed by atoms with Gasteiger partial charge < -0.3 is 4.74 Å². The average molecular weight is 249 g/mol. The Kier molecular flexibility index (Phi) is 3.62. The predicted molar refractivity (Wildman–Crippen MR) is 62.8 cm³/mol. The topological polar surface area (TPSA) is 66.8 Å². The molecule has 1 heterocycles. The van der Waals surface area contributed by atoms with Gasteiger partial charge in [-0.3, -0.25) is 14.8 Å². The number of rotatable bonds is 3. The minimum atomic E-state index is -0.947. The van der Waals surface area contributed by atoms with E-state index in [1.54, 1.807) is 6.92 Å². The van der Waals surface area contributed by atoms with Gasteiger partial charge in [0.25, 0.3) is 5.91 Å². The highest BCUT2D eigenvalue weighted by Crippen LogP contribution is 2.33. The monoisotopic (exact) mass is 249 g/mol. The smallest absolute Gasteiger partial charge is 0.319 e. The molecule has 2 rings (SSSR count). The van der Waals surface area contributed by atoms with Crippen LogP contribution in [0.15, 0.2) is 30.3 Å². The van der Waals surface area contributed by atoms with Crippen LogP contribution in [-0.4, -0.2) is 35.3 Å². The maximum absolute atomic E-state index is 11.8. The summed E-state index contributed by atoms with van der Waals surface area (Å²) in [6, 6.07) is 9.20. The van der Waals surface area contributed by atoms with E-state index in [0.717, 1.165) is 5.56 Å². The largest absolute Gasteiger partial charge is 0.465 e. The third-order valence-electron chi connectivity index (χ3n) is 3.06. The summed E-state index contributed by atoms with van der Waals surface area (Å²) in [5, 5.41) is 10.1. The maximum atomic E-state index is 11.8. The van der Waals surface area contributed by atoms with Gasteiger partial charge in [-0.1, -0.05) is 30.3 Å². The first-order valence-electron chi connectivity index (χ1n) is 5.87. The summed E-state index contributed by atoms with van der Waals surface area (Å²) in [5.74, 6) is -2.48. The second-order valence-corrected chi connectivity index (χ2v) is 4.17. The molecule has 1 aliphatic heterocycles. The molecular formula is C13H15NO4. The second kappa shape index (κ2) is 5.18. The third kappa shape index (κ3) is 2.22. The summed E-state index contributed by atoms with van der Waals surface area (Å²) in [6.07, 6.45) is 0. The van der Waals surface area contributed by atoms with Crippen molar-refractivity contribution in [1.82, 2.24) is 5.06 Å². The van der Waals surface area contributed by atoms with Crippen LogP contribution >= 0.6 is 0 Å². The lowest BCUT2D eigenvalue weighted by molar-refractivity contribution is -0.165. The first-order valence-corrected chi connectivity index (χ1v) is 5.87. The van der Waals surface area contributed by atoms with E-state index in [-0.39, 0.29) is 19.1 Å². The highest BCUT2D eigenvalue weighted by molar-refractivity contribution is 6.00. The van der Waals surface area contributed by atoms with Crippen molar-refractivity contribution in [2.75, 3.05) is 13.2 Å². The van der Waals surface area contributed by atoms with Gasteiger partial charge in [0.2, 0.25) is 0 Å². The van der Waals surface area contributed by atoms with Crippen LogP contribution in [0.4, 0.5) is 0 Å². The molecule has 0 bridgehead atoms. The Labute approximate surface area is 105 Å². The Morgan fingerprint density at radius 3 is 2.72 bits per heavy atom. The maximum Gasteiger partial charge on any atom is 0.319 e. The van der Waals surface area contributed by atoms with Gasteiger partial charge in [-0.15, -0.1) is 0 Å². The van der Waals surface area contributed by atoms with Crippen LogP contribution in [-0.2, 0) is 14.3 Å². The Balaban J connectivity index is 2.28.